The summed E-state index contributed by atoms with van der Waals surface area (Å²) in [6.07, 6.45) is 13.3. The van der Waals surface area contributed by atoms with E-state index in [1.807, 2.05) is 44.9 Å². The Morgan fingerprint density at radius 3 is 2.25 bits per heavy atom. The van der Waals surface area contributed by atoms with Crippen LogP contribution in [0.2, 0.25) is 0 Å². The summed E-state index contributed by atoms with van der Waals surface area (Å²) in [7, 11) is 0. The first-order valence-electron chi connectivity index (χ1n) is 18.9. The van der Waals surface area contributed by atoms with Gasteiger partial charge in [0.05, 0.1) is 5.70 Å². The van der Waals surface area contributed by atoms with Crippen molar-refractivity contribution < 1.29 is 46.5 Å². The molecule has 0 amide bonds. The summed E-state index contributed by atoms with van der Waals surface area (Å²) in [6, 6.07) is -2.40. The van der Waals surface area contributed by atoms with Gasteiger partial charge in [0, 0.05) is 28.9 Å². The average molecular weight is 829 g/mol. The van der Waals surface area contributed by atoms with Gasteiger partial charge in [-0.05, 0) is 71.8 Å². The molecule has 11 nitrogen and oxygen atoms in total. The van der Waals surface area contributed by atoms with Crippen molar-refractivity contribution >= 4 is 41.2 Å². The van der Waals surface area contributed by atoms with E-state index in [0.29, 0.717) is 11.3 Å². The van der Waals surface area contributed by atoms with E-state index in [1.54, 1.807) is 11.8 Å². The van der Waals surface area contributed by atoms with Crippen LogP contribution in [0.15, 0.2) is 75.2 Å². The van der Waals surface area contributed by atoms with Gasteiger partial charge >= 0.3 is 17.1 Å². The molecule has 1 fully saturated rings. The molecule has 6 heterocycles. The quantitative estimate of drug-likeness (QED) is 0.150. The SMILES string of the molecule is CCc1c[n+](C2=C3[N-]C(C=C4[N-]C(C(C)=C4CCC(=O)[O-])[C-](O)C4[N-]C(=CC5[N-]C2C(C(C)SC)C5C)C(C(C)SC)=C4C)C(CCC(=O)[O-])=C3C)c[nH]1.[Fe+5]. The Kier molecular flexibility index (Phi) is 13.9. The molecule has 1 radical (unpaired) electrons. The largest absolute Gasteiger partial charge is 5.00 e. The van der Waals surface area contributed by atoms with Crippen molar-refractivity contribution in [2.24, 2.45) is 11.8 Å². The number of carboxylic acid groups (broad SMARTS) is 2. The molecule has 5 aliphatic heterocycles. The van der Waals surface area contributed by atoms with Crippen molar-refractivity contribution in [2.45, 2.75) is 121 Å². The summed E-state index contributed by atoms with van der Waals surface area (Å²) in [6.45, 7) is 14.7. The molecular formula is C41H52FeN6O5S2-. The maximum Gasteiger partial charge on any atom is 5.00 e. The van der Waals surface area contributed by atoms with Gasteiger partial charge in [-0.2, -0.15) is 23.5 Å². The fourth-order valence-corrected chi connectivity index (χ4v) is 10.1. The third-order valence-corrected chi connectivity index (χ3v) is 14.1. The number of H-pyrrole nitrogens is 1. The molecule has 6 rings (SSSR count). The van der Waals surface area contributed by atoms with Crippen LogP contribution in [0.1, 0.15) is 79.8 Å². The van der Waals surface area contributed by atoms with E-state index < -0.39 is 30.1 Å². The fraction of sp³-hybridized carbons (Fsp3) is 0.561. The maximum absolute atomic E-state index is 12.1. The molecule has 0 spiro atoms. The number of imidazole rings is 1. The van der Waals surface area contributed by atoms with E-state index in [1.165, 1.54) is 0 Å². The third kappa shape index (κ3) is 8.27. The Morgan fingerprint density at radius 2 is 1.64 bits per heavy atom. The van der Waals surface area contributed by atoms with Gasteiger partial charge in [0.15, 0.2) is 0 Å². The molecule has 0 saturated carbocycles. The first kappa shape index (κ1) is 43.3. The van der Waals surface area contributed by atoms with Crippen LogP contribution in [0, 0.1) is 17.9 Å². The number of carbonyl (C=O) groups excluding carboxylic acids is 2. The number of aliphatic hydroxyl groups excluding tert-OH is 1. The number of hydrogen-bond acceptors (Lipinski definition) is 7. The zero-order valence-electron chi connectivity index (χ0n) is 33.0. The number of aryl methyl sites for hydroxylation is 1. The van der Waals surface area contributed by atoms with Crippen molar-refractivity contribution in [3.8, 4) is 0 Å². The van der Waals surface area contributed by atoms with Crippen LogP contribution < -0.4 is 14.8 Å². The summed E-state index contributed by atoms with van der Waals surface area (Å²) in [4.78, 5) is 27.0. The molecule has 8 bridgehead atoms. The molecule has 9 atom stereocenters. The minimum absolute atomic E-state index is 0. The molecule has 9 unspecified atom stereocenters. The Morgan fingerprint density at radius 1 is 0.982 bits per heavy atom. The average Bonchev–Trinajstić information content (AvgIpc) is 3.94. The van der Waals surface area contributed by atoms with Crippen molar-refractivity contribution in [2.75, 3.05) is 12.5 Å². The number of nitrogens with zero attached hydrogens (tertiary/aromatic N) is 5. The van der Waals surface area contributed by atoms with Crippen LogP contribution in [0.25, 0.3) is 27.0 Å². The Labute approximate surface area is 345 Å². The summed E-state index contributed by atoms with van der Waals surface area (Å²) in [5.41, 5.74) is 9.36. The van der Waals surface area contributed by atoms with Gasteiger partial charge in [0.2, 0.25) is 6.33 Å². The molecule has 5 aliphatic rings. The predicted octanol–water partition coefficient (Wildman–Crippen LogP) is 5.87. The van der Waals surface area contributed by atoms with E-state index in [9.17, 15) is 24.9 Å². The summed E-state index contributed by atoms with van der Waals surface area (Å²) in [5, 5.41) is 57.4. The molecule has 1 saturated heterocycles. The number of aromatic nitrogens is 2. The van der Waals surface area contributed by atoms with E-state index >= 15 is 0 Å². The Bertz CT molecular complexity index is 1870. The fourth-order valence-electron chi connectivity index (χ4n) is 8.87. The number of allylic oxidation sites excluding steroid dienone is 3. The zero-order chi connectivity index (χ0) is 39.2. The summed E-state index contributed by atoms with van der Waals surface area (Å²) in [5.74, 6) is -2.07. The summed E-state index contributed by atoms with van der Waals surface area (Å²) >= 11 is 3.55. The van der Waals surface area contributed by atoms with Crippen molar-refractivity contribution in [1.82, 2.24) is 4.98 Å². The molecule has 1 aromatic heterocycles. The van der Waals surface area contributed by atoms with E-state index in [0.717, 1.165) is 57.1 Å². The van der Waals surface area contributed by atoms with Crippen LogP contribution in [0.4, 0.5) is 0 Å². The van der Waals surface area contributed by atoms with Gasteiger partial charge in [0.1, 0.15) is 11.9 Å². The van der Waals surface area contributed by atoms with Gasteiger partial charge < -0.3 is 46.2 Å². The van der Waals surface area contributed by atoms with Crippen LogP contribution in [-0.2, 0) is 33.1 Å². The number of nitrogens with one attached hydrogen (secondary N) is 1. The second kappa shape index (κ2) is 17.7. The second-order valence-corrected chi connectivity index (χ2v) is 17.5. The summed E-state index contributed by atoms with van der Waals surface area (Å²) < 4.78 is 2.12. The molecule has 0 aromatic carbocycles. The van der Waals surface area contributed by atoms with Crippen LogP contribution in [0.5, 0.6) is 0 Å². The third-order valence-electron chi connectivity index (χ3n) is 12.1. The number of carbonyl (C=O) groups is 2. The van der Waals surface area contributed by atoms with Gasteiger partial charge in [-0.25, -0.2) is 27.7 Å². The number of rotatable bonds is 12. The van der Waals surface area contributed by atoms with Crippen molar-refractivity contribution in [3.05, 3.63) is 108 Å². The predicted molar refractivity (Wildman–Crippen MR) is 212 cm³/mol. The van der Waals surface area contributed by atoms with Gasteiger partial charge in [-0.15, -0.1) is 40.7 Å². The van der Waals surface area contributed by atoms with Gasteiger partial charge in [0.25, 0.3) is 0 Å². The number of thioether (sulfide) groups is 2. The second-order valence-electron chi connectivity index (χ2n) is 15.1. The number of aromatic amines is 1. The Hall–Kier alpha value is -2.87. The smallest absolute Gasteiger partial charge is 0.702 e. The molecule has 55 heavy (non-hydrogen) atoms. The van der Waals surface area contributed by atoms with Gasteiger partial charge in [-0.1, -0.05) is 66.8 Å². The number of fused-ring (bicyclic) bond motifs is 8. The first-order valence-corrected chi connectivity index (χ1v) is 21.5. The normalized spacial score (nSPS) is 29.1. The molecule has 0 aliphatic carbocycles. The van der Waals surface area contributed by atoms with Crippen LogP contribution >= 0.6 is 23.5 Å². The van der Waals surface area contributed by atoms with E-state index in [4.69, 9.17) is 21.3 Å². The molecule has 2 N–H and O–H groups in total. The van der Waals surface area contributed by atoms with Gasteiger partial charge in [-0.3, -0.25) is 0 Å². The number of aliphatic hydroxyl groups is 1. The molecule has 1 aromatic rings. The topological polar surface area (TPSA) is 177 Å². The molecular weight excluding hydrogens is 776 g/mol. The van der Waals surface area contributed by atoms with Crippen molar-refractivity contribution in [1.29, 1.82) is 0 Å². The minimum atomic E-state index is -1.18. The number of aliphatic carboxylic acids is 2. The van der Waals surface area contributed by atoms with Crippen molar-refractivity contribution in [3.63, 3.8) is 0 Å². The molecule has 14 heteroatoms. The van der Waals surface area contributed by atoms with Crippen LogP contribution in [0.3, 0.4) is 0 Å². The van der Waals surface area contributed by atoms with E-state index in [2.05, 4.69) is 62.0 Å². The monoisotopic (exact) mass is 828 g/mol. The standard InChI is InChI=1S/C41H53N6O5S2.Fe/c1-10-25-17-47(18-42-25)40-36-19(2)26(11-13-32(48)49)29(44-36)16-30-27(12-14-33(50)51)20(3)37(45-30)41(52)38-22(5)34(23(6)53-8)31(46-38)15-28-21(4)35(24(7)54-9)39(40)43-28;/h15-18,21,23-24,28-29,35,37-39,52H,10-14H2,1-9H3,(H2,48,49,50,51);/q-5;+5/p-1. The number of hydrogen-bond donors (Lipinski definition) is 2. The number of carboxylic acids is 2. The first-order chi connectivity index (χ1) is 25.7. The van der Waals surface area contributed by atoms with E-state index in [-0.39, 0.29) is 83.3 Å². The minimum Gasteiger partial charge on any atom is -0.702 e. The Balaban J connectivity index is 0.00000580. The van der Waals surface area contributed by atoms with Crippen LogP contribution in [-0.4, -0.2) is 75.2 Å². The zero-order valence-corrected chi connectivity index (χ0v) is 35.8. The molecule has 297 valence electrons. The maximum atomic E-state index is 12.1.